The highest BCUT2D eigenvalue weighted by molar-refractivity contribution is 5.63. The second-order valence-electron chi connectivity index (χ2n) is 4.59. The topological polar surface area (TPSA) is 40.7 Å². The van der Waals surface area contributed by atoms with Crippen LogP contribution in [-0.4, -0.2) is 23.3 Å². The first-order valence-corrected chi connectivity index (χ1v) is 6.24. The molecule has 0 aliphatic carbocycles. The van der Waals surface area contributed by atoms with E-state index in [1.807, 2.05) is 12.3 Å². The number of piperidine rings is 1. The smallest absolute Gasteiger partial charge is 0.0684 e. The molecule has 1 fully saturated rings. The van der Waals surface area contributed by atoms with Crippen LogP contribution in [0.15, 0.2) is 36.5 Å². The molecule has 0 amide bonds. The van der Waals surface area contributed by atoms with Crippen LogP contribution in [0.4, 0.5) is 0 Å². The van der Waals surface area contributed by atoms with Crippen molar-refractivity contribution >= 4 is 0 Å². The summed E-state index contributed by atoms with van der Waals surface area (Å²) in [5.41, 5.74) is 3.80. The molecule has 0 radical (unpaired) electrons. The third-order valence-corrected chi connectivity index (χ3v) is 3.51. The van der Waals surface area contributed by atoms with Gasteiger partial charge in [-0.1, -0.05) is 30.3 Å². The molecule has 2 heterocycles. The summed E-state index contributed by atoms with van der Waals surface area (Å²) in [5, 5.41) is 10.8. The summed E-state index contributed by atoms with van der Waals surface area (Å²) >= 11 is 0. The Morgan fingerprint density at radius 2 is 1.82 bits per heavy atom. The van der Waals surface area contributed by atoms with Crippen LogP contribution in [0.3, 0.4) is 0 Å². The predicted octanol–water partition coefficient (Wildman–Crippen LogP) is 2.54. The third-order valence-electron chi connectivity index (χ3n) is 3.51. The lowest BCUT2D eigenvalue weighted by Crippen LogP contribution is -2.26. The van der Waals surface area contributed by atoms with Crippen molar-refractivity contribution < 1.29 is 0 Å². The van der Waals surface area contributed by atoms with Gasteiger partial charge in [-0.15, -0.1) is 0 Å². The Morgan fingerprint density at radius 1 is 1.06 bits per heavy atom. The van der Waals surface area contributed by atoms with Gasteiger partial charge in [-0.25, -0.2) is 0 Å². The van der Waals surface area contributed by atoms with Crippen molar-refractivity contribution in [3.63, 3.8) is 0 Å². The molecule has 0 unspecified atom stereocenters. The molecule has 1 aliphatic heterocycles. The highest BCUT2D eigenvalue weighted by Crippen LogP contribution is 2.32. The van der Waals surface area contributed by atoms with E-state index >= 15 is 0 Å². The standard InChI is InChI=1S/C14H17N3/c1-2-4-12(5-3-1)14-13(10-16-17-14)11-6-8-15-9-7-11/h1-5,10-11,15H,6-9H2,(H,16,17). The van der Waals surface area contributed by atoms with Crippen molar-refractivity contribution in [3.05, 3.63) is 42.1 Å². The predicted molar refractivity (Wildman–Crippen MR) is 68.9 cm³/mol. The van der Waals surface area contributed by atoms with E-state index in [9.17, 15) is 0 Å². The second-order valence-corrected chi connectivity index (χ2v) is 4.59. The summed E-state index contributed by atoms with van der Waals surface area (Å²) < 4.78 is 0. The lowest BCUT2D eigenvalue weighted by molar-refractivity contribution is 0.461. The van der Waals surface area contributed by atoms with Gasteiger partial charge in [0, 0.05) is 5.56 Å². The van der Waals surface area contributed by atoms with Crippen molar-refractivity contribution in [1.29, 1.82) is 0 Å². The van der Waals surface area contributed by atoms with Gasteiger partial charge in [0.25, 0.3) is 0 Å². The van der Waals surface area contributed by atoms with E-state index in [1.54, 1.807) is 0 Å². The summed E-state index contributed by atoms with van der Waals surface area (Å²) in [6.07, 6.45) is 4.41. The average Bonchev–Trinajstić information content (AvgIpc) is 2.90. The van der Waals surface area contributed by atoms with Gasteiger partial charge in [0.1, 0.15) is 0 Å². The molecule has 17 heavy (non-hydrogen) atoms. The van der Waals surface area contributed by atoms with E-state index in [2.05, 4.69) is 39.8 Å². The molecule has 3 rings (SSSR count). The third kappa shape index (κ3) is 2.11. The maximum atomic E-state index is 4.23. The van der Waals surface area contributed by atoms with Gasteiger partial charge < -0.3 is 5.32 Å². The van der Waals surface area contributed by atoms with E-state index < -0.39 is 0 Å². The minimum atomic E-state index is 0.644. The summed E-state index contributed by atoms with van der Waals surface area (Å²) in [5.74, 6) is 0.644. The maximum Gasteiger partial charge on any atom is 0.0684 e. The van der Waals surface area contributed by atoms with Crippen molar-refractivity contribution in [2.24, 2.45) is 0 Å². The Labute approximate surface area is 101 Å². The number of rotatable bonds is 2. The molecule has 1 aromatic heterocycles. The molecule has 1 aliphatic rings. The van der Waals surface area contributed by atoms with Crippen LogP contribution in [0.5, 0.6) is 0 Å². The Bertz CT molecular complexity index is 469. The SMILES string of the molecule is c1ccc(-c2[nH]ncc2C2CCNCC2)cc1. The van der Waals surface area contributed by atoms with Gasteiger partial charge >= 0.3 is 0 Å². The van der Waals surface area contributed by atoms with Crippen LogP contribution >= 0.6 is 0 Å². The zero-order valence-corrected chi connectivity index (χ0v) is 9.82. The number of nitrogens with one attached hydrogen (secondary N) is 2. The van der Waals surface area contributed by atoms with Crippen molar-refractivity contribution in [1.82, 2.24) is 15.5 Å². The van der Waals surface area contributed by atoms with Crippen LogP contribution in [-0.2, 0) is 0 Å². The molecule has 3 heteroatoms. The quantitative estimate of drug-likeness (QED) is 0.827. The highest BCUT2D eigenvalue weighted by atomic mass is 15.1. The largest absolute Gasteiger partial charge is 0.317 e. The molecule has 0 bridgehead atoms. The zero-order valence-electron chi connectivity index (χ0n) is 9.82. The second kappa shape index (κ2) is 4.72. The summed E-state index contributed by atoms with van der Waals surface area (Å²) in [4.78, 5) is 0. The number of hydrogen-bond acceptors (Lipinski definition) is 2. The minimum absolute atomic E-state index is 0.644. The van der Waals surface area contributed by atoms with E-state index in [0.717, 1.165) is 13.1 Å². The first kappa shape index (κ1) is 10.5. The Balaban J connectivity index is 1.93. The zero-order chi connectivity index (χ0) is 11.5. The molecule has 0 atom stereocenters. The van der Waals surface area contributed by atoms with Gasteiger partial charge in [-0.05, 0) is 37.4 Å². The highest BCUT2D eigenvalue weighted by Gasteiger charge is 2.20. The first-order valence-electron chi connectivity index (χ1n) is 6.24. The van der Waals surface area contributed by atoms with Gasteiger partial charge in [0.15, 0.2) is 0 Å². The number of nitrogens with zero attached hydrogens (tertiary/aromatic N) is 1. The van der Waals surface area contributed by atoms with Crippen molar-refractivity contribution in [2.45, 2.75) is 18.8 Å². The maximum absolute atomic E-state index is 4.23. The summed E-state index contributed by atoms with van der Waals surface area (Å²) in [6.45, 7) is 2.23. The number of benzene rings is 1. The Morgan fingerprint density at radius 3 is 2.59 bits per heavy atom. The number of H-pyrrole nitrogens is 1. The molecule has 2 aromatic rings. The van der Waals surface area contributed by atoms with E-state index in [0.29, 0.717) is 5.92 Å². The number of aromatic amines is 1. The molecule has 1 aromatic carbocycles. The van der Waals surface area contributed by atoms with Crippen LogP contribution in [0, 0.1) is 0 Å². The molecule has 0 saturated carbocycles. The van der Waals surface area contributed by atoms with Crippen LogP contribution in [0.2, 0.25) is 0 Å². The first-order chi connectivity index (χ1) is 8.45. The number of hydrogen-bond donors (Lipinski definition) is 2. The fourth-order valence-corrected chi connectivity index (χ4v) is 2.57. The van der Waals surface area contributed by atoms with E-state index in [-0.39, 0.29) is 0 Å². The van der Waals surface area contributed by atoms with Gasteiger partial charge in [0.05, 0.1) is 11.9 Å². The van der Waals surface area contributed by atoms with E-state index in [1.165, 1.54) is 29.7 Å². The normalized spacial score (nSPS) is 17.2. The fraction of sp³-hybridized carbons (Fsp3) is 0.357. The summed E-state index contributed by atoms with van der Waals surface area (Å²) in [7, 11) is 0. The molecule has 88 valence electrons. The van der Waals surface area contributed by atoms with Crippen LogP contribution < -0.4 is 5.32 Å². The molecule has 1 saturated heterocycles. The molecular weight excluding hydrogens is 210 g/mol. The Hall–Kier alpha value is -1.61. The summed E-state index contributed by atoms with van der Waals surface area (Å²) in [6, 6.07) is 10.5. The lowest BCUT2D eigenvalue weighted by Gasteiger charge is -2.22. The Kier molecular flexibility index (Phi) is 2.92. The number of aromatic nitrogens is 2. The van der Waals surface area contributed by atoms with Crippen molar-refractivity contribution in [3.8, 4) is 11.3 Å². The monoisotopic (exact) mass is 227 g/mol. The van der Waals surface area contributed by atoms with Crippen LogP contribution in [0.1, 0.15) is 24.3 Å². The molecular formula is C14H17N3. The minimum Gasteiger partial charge on any atom is -0.317 e. The van der Waals surface area contributed by atoms with E-state index in [4.69, 9.17) is 0 Å². The van der Waals surface area contributed by atoms with Gasteiger partial charge in [0.2, 0.25) is 0 Å². The average molecular weight is 227 g/mol. The molecule has 0 spiro atoms. The molecule has 3 nitrogen and oxygen atoms in total. The van der Waals surface area contributed by atoms with Gasteiger partial charge in [-0.2, -0.15) is 5.10 Å². The van der Waals surface area contributed by atoms with Crippen molar-refractivity contribution in [2.75, 3.05) is 13.1 Å². The van der Waals surface area contributed by atoms with Gasteiger partial charge in [-0.3, -0.25) is 5.10 Å². The van der Waals surface area contributed by atoms with Crippen LogP contribution in [0.25, 0.3) is 11.3 Å². The lowest BCUT2D eigenvalue weighted by atomic mass is 9.89. The molecule has 2 N–H and O–H groups in total. The fourth-order valence-electron chi connectivity index (χ4n) is 2.57.